The number of thiazole rings is 1. The maximum atomic E-state index is 13.7. The van der Waals surface area contributed by atoms with E-state index in [-0.39, 0.29) is 17.2 Å². The molecule has 39 heavy (non-hydrogen) atoms. The van der Waals surface area contributed by atoms with E-state index in [0.29, 0.717) is 21.3 Å². The SMILES string of the molecule is COc1ccc(-c2csc(NC(=O)C(Cc3c[nH]c4ccccc34)N(c3ccc(F)cc3)S(=O)(=O)O)n2)cc1. The van der Waals surface area contributed by atoms with Gasteiger partial charge in [0.05, 0.1) is 18.5 Å². The monoisotopic (exact) mass is 566 g/mol. The highest BCUT2D eigenvalue weighted by atomic mass is 32.2. The fourth-order valence-electron chi connectivity index (χ4n) is 4.27. The fraction of sp³-hybridized carbons (Fsp3) is 0.111. The lowest BCUT2D eigenvalue weighted by Crippen LogP contribution is -2.48. The molecule has 200 valence electrons. The Balaban J connectivity index is 1.50. The number of rotatable bonds is 9. The van der Waals surface area contributed by atoms with Gasteiger partial charge in [-0.3, -0.25) is 9.35 Å². The van der Waals surface area contributed by atoms with Crippen LogP contribution in [0.15, 0.2) is 84.4 Å². The van der Waals surface area contributed by atoms with E-state index in [1.807, 2.05) is 36.4 Å². The van der Waals surface area contributed by atoms with Crippen LogP contribution in [0.4, 0.5) is 15.2 Å². The first kappa shape index (κ1) is 26.4. The van der Waals surface area contributed by atoms with Gasteiger partial charge >= 0.3 is 10.3 Å². The molecule has 2 heterocycles. The molecule has 0 aliphatic heterocycles. The number of anilines is 2. The van der Waals surface area contributed by atoms with Gasteiger partial charge in [0.1, 0.15) is 17.6 Å². The predicted molar refractivity (Wildman–Crippen MR) is 149 cm³/mol. The molecule has 0 aliphatic rings. The third-order valence-corrected chi connectivity index (χ3v) is 7.84. The Morgan fingerprint density at radius 2 is 1.85 bits per heavy atom. The second kappa shape index (κ2) is 10.8. The second-order valence-corrected chi connectivity index (χ2v) is 10.7. The molecule has 5 aromatic rings. The Kier molecular flexibility index (Phi) is 7.33. The maximum Gasteiger partial charge on any atom is 0.360 e. The van der Waals surface area contributed by atoms with E-state index < -0.39 is 28.1 Å². The number of benzene rings is 3. The Hall–Kier alpha value is -4.26. The summed E-state index contributed by atoms with van der Waals surface area (Å²) in [5.74, 6) is -0.632. The largest absolute Gasteiger partial charge is 0.497 e. The van der Waals surface area contributed by atoms with Gasteiger partial charge in [-0.1, -0.05) is 18.2 Å². The number of amides is 1. The lowest BCUT2D eigenvalue weighted by atomic mass is 10.0. The topological polar surface area (TPSA) is 125 Å². The van der Waals surface area contributed by atoms with Crippen LogP contribution < -0.4 is 14.4 Å². The van der Waals surface area contributed by atoms with Gasteiger partial charge in [-0.2, -0.15) is 8.42 Å². The molecule has 1 unspecified atom stereocenters. The highest BCUT2D eigenvalue weighted by Crippen LogP contribution is 2.29. The zero-order chi connectivity index (χ0) is 27.6. The number of ether oxygens (including phenoxy) is 1. The number of para-hydroxylation sites is 1. The van der Waals surface area contributed by atoms with E-state index in [2.05, 4.69) is 15.3 Å². The van der Waals surface area contributed by atoms with Crippen LogP contribution in [0.3, 0.4) is 0 Å². The summed E-state index contributed by atoms with van der Waals surface area (Å²) in [4.78, 5) is 21.2. The van der Waals surface area contributed by atoms with Crippen molar-refractivity contribution in [3.05, 3.63) is 95.8 Å². The van der Waals surface area contributed by atoms with E-state index in [0.717, 1.165) is 28.6 Å². The number of aromatic nitrogens is 2. The minimum absolute atomic E-state index is 0.0723. The molecule has 2 aromatic heterocycles. The summed E-state index contributed by atoms with van der Waals surface area (Å²) < 4.78 is 54.9. The summed E-state index contributed by atoms with van der Waals surface area (Å²) >= 11 is 1.17. The minimum Gasteiger partial charge on any atom is -0.497 e. The molecule has 9 nitrogen and oxygen atoms in total. The zero-order valence-corrected chi connectivity index (χ0v) is 22.2. The van der Waals surface area contributed by atoms with Gasteiger partial charge in [0.2, 0.25) is 5.91 Å². The van der Waals surface area contributed by atoms with Gasteiger partial charge in [0.15, 0.2) is 5.13 Å². The highest BCUT2D eigenvalue weighted by molar-refractivity contribution is 7.87. The number of carbonyl (C=O) groups excluding carboxylic acids is 1. The van der Waals surface area contributed by atoms with Crippen molar-refractivity contribution in [1.29, 1.82) is 0 Å². The summed E-state index contributed by atoms with van der Waals surface area (Å²) in [6.07, 6.45) is 1.59. The van der Waals surface area contributed by atoms with Gasteiger partial charge in [-0.15, -0.1) is 11.3 Å². The number of carbonyl (C=O) groups is 1. The third kappa shape index (κ3) is 5.77. The molecule has 1 atom stereocenters. The van der Waals surface area contributed by atoms with Gasteiger partial charge in [-0.05, 0) is 60.2 Å². The average Bonchev–Trinajstić information content (AvgIpc) is 3.56. The quantitative estimate of drug-likeness (QED) is 0.208. The van der Waals surface area contributed by atoms with Crippen LogP contribution in [-0.2, 0) is 21.5 Å². The first-order chi connectivity index (χ1) is 18.7. The van der Waals surface area contributed by atoms with Crippen molar-refractivity contribution < 1.29 is 26.9 Å². The second-order valence-electron chi connectivity index (χ2n) is 8.59. The first-order valence-electron chi connectivity index (χ1n) is 11.7. The zero-order valence-electron chi connectivity index (χ0n) is 20.5. The Morgan fingerprint density at radius 1 is 1.13 bits per heavy atom. The van der Waals surface area contributed by atoms with E-state index in [1.54, 1.807) is 30.8 Å². The molecular formula is C27H23FN4O5S2. The Morgan fingerprint density at radius 3 is 2.54 bits per heavy atom. The van der Waals surface area contributed by atoms with Crippen LogP contribution in [0, 0.1) is 5.82 Å². The molecule has 3 N–H and O–H groups in total. The molecule has 0 fully saturated rings. The Labute approximate surface area is 227 Å². The van der Waals surface area contributed by atoms with Crippen molar-refractivity contribution in [2.75, 3.05) is 16.7 Å². The minimum atomic E-state index is -4.96. The molecule has 0 radical (unpaired) electrons. The number of H-pyrrole nitrogens is 1. The van der Waals surface area contributed by atoms with E-state index >= 15 is 0 Å². The summed E-state index contributed by atoms with van der Waals surface area (Å²) in [6, 6.07) is 17.6. The number of halogens is 1. The normalized spacial score (nSPS) is 12.3. The van der Waals surface area contributed by atoms with Gasteiger partial charge < -0.3 is 15.0 Å². The van der Waals surface area contributed by atoms with Gasteiger partial charge in [-0.25, -0.2) is 13.7 Å². The summed E-state index contributed by atoms with van der Waals surface area (Å²) in [5, 5.41) is 5.48. The number of aromatic amines is 1. The van der Waals surface area contributed by atoms with E-state index in [1.165, 1.54) is 23.5 Å². The molecular weight excluding hydrogens is 543 g/mol. The van der Waals surface area contributed by atoms with E-state index in [9.17, 15) is 22.2 Å². The predicted octanol–water partition coefficient (Wildman–Crippen LogP) is 5.30. The summed E-state index contributed by atoms with van der Waals surface area (Å²) in [5.41, 5.74) is 2.79. The van der Waals surface area contributed by atoms with Gasteiger partial charge in [0, 0.05) is 34.5 Å². The van der Waals surface area contributed by atoms with Crippen molar-refractivity contribution in [1.82, 2.24) is 9.97 Å². The molecule has 0 spiro atoms. The molecule has 0 saturated carbocycles. The van der Waals surface area contributed by atoms with Crippen LogP contribution in [-0.4, -0.2) is 42.0 Å². The van der Waals surface area contributed by atoms with E-state index in [4.69, 9.17) is 4.74 Å². The van der Waals surface area contributed by atoms with Crippen LogP contribution in [0.25, 0.3) is 22.2 Å². The molecule has 5 rings (SSSR count). The third-order valence-electron chi connectivity index (χ3n) is 6.12. The number of methoxy groups -OCH3 is 1. The number of nitrogens with one attached hydrogen (secondary N) is 2. The average molecular weight is 567 g/mol. The summed E-state index contributed by atoms with van der Waals surface area (Å²) in [7, 11) is -3.39. The smallest absolute Gasteiger partial charge is 0.360 e. The van der Waals surface area contributed by atoms with Crippen LogP contribution in [0.1, 0.15) is 5.56 Å². The van der Waals surface area contributed by atoms with Crippen molar-refractivity contribution in [3.8, 4) is 17.0 Å². The van der Waals surface area contributed by atoms with Crippen LogP contribution >= 0.6 is 11.3 Å². The van der Waals surface area contributed by atoms with Gasteiger partial charge in [0.25, 0.3) is 0 Å². The lowest BCUT2D eigenvalue weighted by molar-refractivity contribution is -0.117. The molecule has 0 aliphatic carbocycles. The molecule has 3 aromatic carbocycles. The highest BCUT2D eigenvalue weighted by Gasteiger charge is 2.35. The molecule has 0 bridgehead atoms. The standard InChI is InChI=1S/C27H23FN4O5S2/c1-37-21-12-6-17(7-13-21)24-16-38-27(30-24)31-26(33)25(14-18-15-29-23-5-3-2-4-22(18)23)32(39(34,35)36)20-10-8-19(28)9-11-20/h2-13,15-16,25,29H,14H2,1H3,(H,30,31,33)(H,34,35,36). The Bertz CT molecular complexity index is 1720. The van der Waals surface area contributed by atoms with Crippen molar-refractivity contribution >= 4 is 49.3 Å². The maximum absolute atomic E-state index is 13.7. The number of hydrogen-bond donors (Lipinski definition) is 3. The number of hydrogen-bond acceptors (Lipinski definition) is 6. The van der Waals surface area contributed by atoms with Crippen molar-refractivity contribution in [2.24, 2.45) is 0 Å². The van der Waals surface area contributed by atoms with Crippen molar-refractivity contribution in [2.45, 2.75) is 12.5 Å². The number of fused-ring (bicyclic) bond motifs is 1. The summed E-state index contributed by atoms with van der Waals surface area (Å²) in [6.45, 7) is 0. The number of nitrogens with zero attached hydrogens (tertiary/aromatic N) is 2. The fourth-order valence-corrected chi connectivity index (χ4v) is 5.87. The molecule has 0 saturated heterocycles. The van der Waals surface area contributed by atoms with Crippen molar-refractivity contribution in [3.63, 3.8) is 0 Å². The molecule has 1 amide bonds. The lowest BCUT2D eigenvalue weighted by Gasteiger charge is -2.29. The molecule has 12 heteroatoms. The van der Waals surface area contributed by atoms with Crippen LogP contribution in [0.5, 0.6) is 5.75 Å². The van der Waals surface area contributed by atoms with Crippen LogP contribution in [0.2, 0.25) is 0 Å². The first-order valence-corrected chi connectivity index (χ1v) is 14.0.